The van der Waals surface area contributed by atoms with Gasteiger partial charge in [0.25, 0.3) is 11.8 Å². The topological polar surface area (TPSA) is 73.4 Å². The maximum Gasteiger partial charge on any atom is 0.328 e. The van der Waals surface area contributed by atoms with Crippen LogP contribution < -0.4 is 4.74 Å². The Kier molecular flexibility index (Phi) is 5.65. The first kappa shape index (κ1) is 19.2. The van der Waals surface area contributed by atoms with Crippen LogP contribution in [0.15, 0.2) is 24.3 Å². The second kappa shape index (κ2) is 7.96. The molecule has 8 nitrogen and oxygen atoms in total. The number of hydrogen-bond acceptors (Lipinski definition) is 5. The van der Waals surface area contributed by atoms with E-state index in [0.717, 1.165) is 5.75 Å². The molecular formula is C19H26N4O4. The fraction of sp³-hybridized carbons (Fsp3) is 0.526. The lowest BCUT2D eigenvalue weighted by Gasteiger charge is -2.36. The van der Waals surface area contributed by atoms with Gasteiger partial charge in [0, 0.05) is 37.8 Å². The zero-order chi connectivity index (χ0) is 19.6. The third kappa shape index (κ3) is 4.05. The van der Waals surface area contributed by atoms with Crippen LogP contribution >= 0.6 is 0 Å². The molecule has 0 spiro atoms. The Bertz CT molecular complexity index is 711. The molecule has 0 aromatic heterocycles. The van der Waals surface area contributed by atoms with Crippen molar-refractivity contribution in [1.29, 1.82) is 0 Å². The molecule has 3 rings (SSSR count). The van der Waals surface area contributed by atoms with E-state index in [0.29, 0.717) is 38.4 Å². The second-order valence-electron chi connectivity index (χ2n) is 7.12. The first-order chi connectivity index (χ1) is 12.9. The minimum Gasteiger partial charge on any atom is -0.497 e. The quantitative estimate of drug-likeness (QED) is 0.721. The van der Waals surface area contributed by atoms with E-state index in [2.05, 4.69) is 4.90 Å². The highest BCUT2D eigenvalue weighted by molar-refractivity contribution is 6.02. The Balaban J connectivity index is 1.52. The van der Waals surface area contributed by atoms with Crippen molar-refractivity contribution in [2.45, 2.75) is 19.9 Å². The van der Waals surface area contributed by atoms with Gasteiger partial charge in [-0.1, -0.05) is 0 Å². The summed E-state index contributed by atoms with van der Waals surface area (Å²) in [7, 11) is 1.59. The fourth-order valence-corrected chi connectivity index (χ4v) is 3.44. The van der Waals surface area contributed by atoms with E-state index >= 15 is 0 Å². The van der Waals surface area contributed by atoms with Gasteiger partial charge in [-0.05, 0) is 38.1 Å². The molecule has 0 bridgehead atoms. The van der Waals surface area contributed by atoms with Crippen molar-refractivity contribution in [3.8, 4) is 5.75 Å². The molecule has 0 aliphatic carbocycles. The summed E-state index contributed by atoms with van der Waals surface area (Å²) in [4.78, 5) is 43.8. The minimum atomic E-state index is -0.230. The van der Waals surface area contributed by atoms with Gasteiger partial charge in [-0.2, -0.15) is 0 Å². The molecule has 8 heteroatoms. The Morgan fingerprint density at radius 3 is 2.22 bits per heavy atom. The molecular weight excluding hydrogens is 348 g/mol. The van der Waals surface area contributed by atoms with Gasteiger partial charge < -0.3 is 14.5 Å². The smallest absolute Gasteiger partial charge is 0.328 e. The number of benzene rings is 1. The maximum absolute atomic E-state index is 12.6. The molecule has 0 unspecified atom stereocenters. The molecule has 0 radical (unpaired) electrons. The van der Waals surface area contributed by atoms with E-state index in [9.17, 15) is 14.4 Å². The van der Waals surface area contributed by atoms with E-state index in [4.69, 9.17) is 4.74 Å². The van der Waals surface area contributed by atoms with Crippen LogP contribution in [0.4, 0.5) is 4.79 Å². The van der Waals surface area contributed by atoms with Gasteiger partial charge in [0.1, 0.15) is 12.3 Å². The van der Waals surface area contributed by atoms with Crippen LogP contribution in [0.3, 0.4) is 0 Å². The van der Waals surface area contributed by atoms with Crippen molar-refractivity contribution in [3.63, 3.8) is 0 Å². The monoisotopic (exact) mass is 374 g/mol. The summed E-state index contributed by atoms with van der Waals surface area (Å²) in [5, 5.41) is 0. The van der Waals surface area contributed by atoms with E-state index in [1.54, 1.807) is 36.3 Å². The average molecular weight is 374 g/mol. The zero-order valence-corrected chi connectivity index (χ0v) is 16.1. The summed E-state index contributed by atoms with van der Waals surface area (Å²) >= 11 is 0. The normalized spacial score (nSPS) is 18.6. The zero-order valence-electron chi connectivity index (χ0n) is 16.1. The lowest BCUT2D eigenvalue weighted by atomic mass is 10.1. The number of nitrogens with zero attached hydrogens (tertiary/aromatic N) is 4. The Labute approximate surface area is 159 Å². The van der Waals surface area contributed by atoms with Crippen molar-refractivity contribution in [2.24, 2.45) is 0 Å². The Morgan fingerprint density at radius 2 is 1.70 bits per heavy atom. The van der Waals surface area contributed by atoms with E-state index in [1.165, 1.54) is 4.90 Å². The molecule has 0 atom stereocenters. The van der Waals surface area contributed by atoms with Gasteiger partial charge in [-0.15, -0.1) is 0 Å². The number of methoxy groups -OCH3 is 1. The van der Waals surface area contributed by atoms with E-state index in [-0.39, 0.29) is 30.4 Å². The lowest BCUT2D eigenvalue weighted by Crippen LogP contribution is -2.52. The maximum atomic E-state index is 12.6. The van der Waals surface area contributed by atoms with Gasteiger partial charge in [0.05, 0.1) is 13.8 Å². The molecule has 0 N–H and O–H groups in total. The van der Waals surface area contributed by atoms with Gasteiger partial charge in [-0.25, -0.2) is 4.79 Å². The average Bonchev–Trinajstić information content (AvgIpc) is 2.95. The first-order valence-electron chi connectivity index (χ1n) is 9.17. The minimum absolute atomic E-state index is 0.00397. The number of ether oxygens (including phenoxy) is 1. The van der Waals surface area contributed by atoms with Crippen LogP contribution in [-0.2, 0) is 4.79 Å². The summed E-state index contributed by atoms with van der Waals surface area (Å²) in [5.74, 6) is 0.565. The van der Waals surface area contributed by atoms with Crippen molar-refractivity contribution in [1.82, 2.24) is 19.6 Å². The third-order valence-electron chi connectivity index (χ3n) is 4.95. The van der Waals surface area contributed by atoms with Crippen molar-refractivity contribution in [3.05, 3.63) is 29.8 Å². The Morgan fingerprint density at radius 1 is 1.07 bits per heavy atom. The van der Waals surface area contributed by atoms with Gasteiger partial charge in [-0.3, -0.25) is 19.4 Å². The number of rotatable bonds is 5. The number of hydrogen-bond donors (Lipinski definition) is 0. The van der Waals surface area contributed by atoms with Crippen molar-refractivity contribution in [2.75, 3.05) is 46.5 Å². The largest absolute Gasteiger partial charge is 0.497 e. The summed E-state index contributed by atoms with van der Waals surface area (Å²) in [5.41, 5.74) is 0.636. The van der Waals surface area contributed by atoms with Crippen LogP contribution in [0.2, 0.25) is 0 Å². The molecule has 2 heterocycles. The fourth-order valence-electron chi connectivity index (χ4n) is 3.44. The molecule has 2 saturated heterocycles. The van der Waals surface area contributed by atoms with Crippen LogP contribution in [0.25, 0.3) is 0 Å². The van der Waals surface area contributed by atoms with E-state index in [1.807, 2.05) is 18.7 Å². The number of imide groups is 1. The van der Waals surface area contributed by atoms with Gasteiger partial charge in [0.15, 0.2) is 0 Å². The van der Waals surface area contributed by atoms with Crippen LogP contribution in [0.1, 0.15) is 24.2 Å². The summed E-state index contributed by atoms with van der Waals surface area (Å²) in [6.45, 7) is 6.73. The molecule has 1 aromatic carbocycles. The van der Waals surface area contributed by atoms with Gasteiger partial charge in [0.2, 0.25) is 0 Å². The number of carbonyl (C=O) groups excluding carboxylic acids is 3. The number of urea groups is 1. The highest BCUT2D eigenvalue weighted by atomic mass is 16.5. The van der Waals surface area contributed by atoms with Crippen LogP contribution in [0, 0.1) is 0 Å². The second-order valence-corrected chi connectivity index (χ2v) is 7.12. The standard InChI is InChI=1S/C19H26N4O4/c1-14(2)23-17(24)12-22(19(23)26)13-20-8-10-21(11-9-20)18(25)15-4-6-16(27-3)7-5-15/h4-7,14H,8-13H2,1-3H3. The summed E-state index contributed by atoms with van der Waals surface area (Å²) in [6, 6.07) is 6.73. The van der Waals surface area contributed by atoms with Crippen LogP contribution in [-0.4, -0.2) is 90.0 Å². The number of piperazine rings is 1. The SMILES string of the molecule is COc1ccc(C(=O)N2CCN(CN3CC(=O)N(C(C)C)C3=O)CC2)cc1. The lowest BCUT2D eigenvalue weighted by molar-refractivity contribution is -0.126. The van der Waals surface area contributed by atoms with Crippen molar-refractivity contribution < 1.29 is 19.1 Å². The van der Waals surface area contributed by atoms with Crippen molar-refractivity contribution >= 4 is 17.8 Å². The molecule has 146 valence electrons. The molecule has 1 aromatic rings. The molecule has 4 amide bonds. The highest BCUT2D eigenvalue weighted by Gasteiger charge is 2.38. The molecule has 2 fully saturated rings. The van der Waals surface area contributed by atoms with Crippen LogP contribution in [0.5, 0.6) is 5.75 Å². The molecule has 27 heavy (non-hydrogen) atoms. The molecule has 2 aliphatic rings. The Hall–Kier alpha value is -2.61. The highest BCUT2D eigenvalue weighted by Crippen LogP contribution is 2.17. The third-order valence-corrected chi connectivity index (χ3v) is 4.95. The van der Waals surface area contributed by atoms with Gasteiger partial charge >= 0.3 is 6.03 Å². The number of carbonyl (C=O) groups is 3. The predicted molar refractivity (Wildman–Crippen MR) is 99.4 cm³/mol. The molecule has 2 aliphatic heterocycles. The van der Waals surface area contributed by atoms with E-state index < -0.39 is 0 Å². The summed E-state index contributed by atoms with van der Waals surface area (Å²) in [6.07, 6.45) is 0. The first-order valence-corrected chi connectivity index (χ1v) is 9.17. The predicted octanol–water partition coefficient (Wildman–Crippen LogP) is 1.08. The summed E-state index contributed by atoms with van der Waals surface area (Å²) < 4.78 is 5.12. The number of amides is 4. The molecule has 0 saturated carbocycles.